The molecule has 0 bridgehead atoms. The average Bonchev–Trinajstić information content (AvgIpc) is 2.40. The Morgan fingerprint density at radius 2 is 2.00 bits per heavy atom. The maximum Gasteiger partial charge on any atom is 0.176 e. The first kappa shape index (κ1) is 5.92. The molecule has 0 aromatic carbocycles. The van der Waals surface area contributed by atoms with Crippen LogP contribution in [0.4, 0.5) is 0 Å². The van der Waals surface area contributed by atoms with E-state index in [4.69, 9.17) is 0 Å². The average molecular weight is 154 g/mol. The zero-order chi connectivity index (χ0) is 7.35. The summed E-state index contributed by atoms with van der Waals surface area (Å²) >= 11 is 0. The van der Waals surface area contributed by atoms with Crippen LogP contribution in [0.1, 0.15) is 0 Å². The van der Waals surface area contributed by atoms with Crippen molar-refractivity contribution < 1.29 is 8.42 Å². The highest BCUT2D eigenvalue weighted by atomic mass is 32.2. The van der Waals surface area contributed by atoms with Crippen molar-refractivity contribution in [1.82, 2.24) is 0 Å². The number of rotatable bonds is 1. The number of benzene rings is 1. The van der Waals surface area contributed by atoms with Crippen molar-refractivity contribution in [2.75, 3.05) is 6.26 Å². The summed E-state index contributed by atoms with van der Waals surface area (Å²) in [4.78, 5) is 0.475. The fraction of sp³-hybridized carbons (Fsp3) is 0.143. The molecule has 52 valence electrons. The zero-order valence-electron chi connectivity index (χ0n) is 5.46. The summed E-state index contributed by atoms with van der Waals surface area (Å²) in [6, 6.07) is 5.35. The van der Waals surface area contributed by atoms with E-state index in [0.29, 0.717) is 4.90 Å². The highest BCUT2D eigenvalue weighted by Gasteiger charge is 2.23. The van der Waals surface area contributed by atoms with Crippen molar-refractivity contribution in [2.45, 2.75) is 4.90 Å². The van der Waals surface area contributed by atoms with Gasteiger partial charge in [0.2, 0.25) is 0 Å². The Morgan fingerprint density at radius 1 is 1.30 bits per heavy atom. The largest absolute Gasteiger partial charge is 0.224 e. The molecule has 2 aliphatic carbocycles. The lowest BCUT2D eigenvalue weighted by atomic mass is 10.5. The first-order valence-electron chi connectivity index (χ1n) is 2.93. The molecule has 0 heterocycles. The Labute approximate surface area is 59.4 Å². The van der Waals surface area contributed by atoms with E-state index in [2.05, 4.69) is 0 Å². The predicted molar refractivity (Wildman–Crippen MR) is 38.5 cm³/mol. The van der Waals surface area contributed by atoms with Gasteiger partial charge in [0, 0.05) is 11.8 Å². The van der Waals surface area contributed by atoms with Gasteiger partial charge in [-0.1, -0.05) is 6.07 Å². The molecule has 0 saturated carbocycles. The topological polar surface area (TPSA) is 34.1 Å². The molecule has 2 nitrogen and oxygen atoms in total. The minimum absolute atomic E-state index is 0.475. The number of sulfone groups is 1. The van der Waals surface area contributed by atoms with Crippen molar-refractivity contribution in [3.05, 3.63) is 18.2 Å². The second-order valence-corrected chi connectivity index (χ2v) is 4.47. The van der Waals surface area contributed by atoms with Gasteiger partial charge in [-0.25, -0.2) is 8.42 Å². The van der Waals surface area contributed by atoms with Crippen LogP contribution in [-0.4, -0.2) is 14.7 Å². The molecule has 10 heavy (non-hydrogen) atoms. The third-order valence-corrected chi connectivity index (χ3v) is 2.76. The predicted octanol–water partition coefficient (Wildman–Crippen LogP) is 1.07. The maximum absolute atomic E-state index is 10.9. The number of hydrogen-bond acceptors (Lipinski definition) is 2. The smallest absolute Gasteiger partial charge is 0.176 e. The van der Waals surface area contributed by atoms with E-state index in [9.17, 15) is 8.42 Å². The van der Waals surface area contributed by atoms with Gasteiger partial charge in [-0.3, -0.25) is 0 Å². The molecule has 0 aliphatic heterocycles. The van der Waals surface area contributed by atoms with E-state index in [0.717, 1.165) is 11.1 Å². The van der Waals surface area contributed by atoms with E-state index >= 15 is 0 Å². The fourth-order valence-corrected chi connectivity index (χ4v) is 1.94. The van der Waals surface area contributed by atoms with Crippen molar-refractivity contribution in [3.63, 3.8) is 0 Å². The Balaban J connectivity index is 2.66. The molecule has 2 rings (SSSR count). The van der Waals surface area contributed by atoms with Crippen LogP contribution < -0.4 is 0 Å². The van der Waals surface area contributed by atoms with Crippen molar-refractivity contribution in [1.29, 1.82) is 0 Å². The quantitative estimate of drug-likeness (QED) is 0.615. The molecule has 0 radical (unpaired) electrons. The summed E-state index contributed by atoms with van der Waals surface area (Å²) in [6.45, 7) is 0. The Hall–Kier alpha value is -0.830. The maximum atomic E-state index is 10.9. The van der Waals surface area contributed by atoms with Gasteiger partial charge >= 0.3 is 0 Å². The highest BCUT2D eigenvalue weighted by Crippen LogP contribution is 2.40. The summed E-state index contributed by atoms with van der Waals surface area (Å²) < 4.78 is 21.9. The molecule has 0 aromatic rings. The van der Waals surface area contributed by atoms with E-state index < -0.39 is 9.84 Å². The second kappa shape index (κ2) is 1.42. The van der Waals surface area contributed by atoms with Crippen LogP contribution >= 0.6 is 0 Å². The van der Waals surface area contributed by atoms with Crippen LogP contribution in [0.3, 0.4) is 0 Å². The molecule has 0 amide bonds. The fourth-order valence-electron chi connectivity index (χ4n) is 1.05. The molecule has 0 N–H and O–H groups in total. The van der Waals surface area contributed by atoms with Crippen LogP contribution in [-0.2, 0) is 9.84 Å². The summed E-state index contributed by atoms with van der Waals surface area (Å²) in [7, 11) is -2.97. The summed E-state index contributed by atoms with van der Waals surface area (Å²) in [5.41, 5.74) is 1.97. The van der Waals surface area contributed by atoms with Gasteiger partial charge in [0.25, 0.3) is 0 Å². The number of fused-ring (bicyclic) bond motifs is 1. The molecule has 0 fully saturated rings. The van der Waals surface area contributed by atoms with Crippen molar-refractivity contribution in [2.24, 2.45) is 0 Å². The molecular weight excluding hydrogens is 148 g/mol. The molecule has 0 aromatic heterocycles. The van der Waals surface area contributed by atoms with Gasteiger partial charge in [-0.2, -0.15) is 0 Å². The molecule has 2 aliphatic rings. The Bertz CT molecular complexity index is 390. The zero-order valence-corrected chi connectivity index (χ0v) is 6.27. The lowest BCUT2D eigenvalue weighted by molar-refractivity contribution is 0.602. The summed E-state index contributed by atoms with van der Waals surface area (Å²) in [6.07, 6.45) is 1.23. The van der Waals surface area contributed by atoms with Crippen molar-refractivity contribution >= 4 is 9.84 Å². The van der Waals surface area contributed by atoms with E-state index in [-0.39, 0.29) is 0 Å². The SMILES string of the molecule is CS(=O)(=O)c1ccc2cc1-2. The molecule has 0 spiro atoms. The van der Waals surface area contributed by atoms with Gasteiger partial charge in [-0.05, 0) is 17.7 Å². The molecule has 3 heteroatoms. The van der Waals surface area contributed by atoms with Crippen LogP contribution in [0.15, 0.2) is 23.1 Å². The minimum atomic E-state index is -2.97. The number of hydrogen-bond donors (Lipinski definition) is 0. The second-order valence-electron chi connectivity index (χ2n) is 2.48. The lowest BCUT2D eigenvalue weighted by Crippen LogP contribution is -1.93. The van der Waals surface area contributed by atoms with Gasteiger partial charge in [-0.15, -0.1) is 0 Å². The van der Waals surface area contributed by atoms with Crippen LogP contribution in [0.5, 0.6) is 0 Å². The van der Waals surface area contributed by atoms with Gasteiger partial charge < -0.3 is 0 Å². The van der Waals surface area contributed by atoms with Crippen LogP contribution in [0.25, 0.3) is 11.1 Å². The summed E-state index contributed by atoms with van der Waals surface area (Å²) in [5.74, 6) is 0. The first-order chi connectivity index (χ1) is 4.59. The van der Waals surface area contributed by atoms with E-state index in [1.807, 2.05) is 12.1 Å². The van der Waals surface area contributed by atoms with E-state index in [1.165, 1.54) is 6.26 Å². The Kier molecular flexibility index (Phi) is 0.843. The van der Waals surface area contributed by atoms with Gasteiger partial charge in [0.15, 0.2) is 9.84 Å². The van der Waals surface area contributed by atoms with Crippen molar-refractivity contribution in [3.8, 4) is 11.1 Å². The molecular formula is C7H6O2S. The minimum Gasteiger partial charge on any atom is -0.224 e. The standard InChI is InChI=1S/C7H6O2S/c1-10(8,9)7-3-2-5-4-6(5)7/h2-4H,1H3. The molecule has 0 atom stereocenters. The third-order valence-electron chi connectivity index (χ3n) is 1.61. The van der Waals surface area contributed by atoms with Gasteiger partial charge in [0.05, 0.1) is 4.90 Å². The summed E-state index contributed by atoms with van der Waals surface area (Å²) in [5, 5.41) is 0. The normalized spacial score (nSPS) is 13.3. The van der Waals surface area contributed by atoms with Gasteiger partial charge in [0.1, 0.15) is 0 Å². The molecule has 0 unspecified atom stereocenters. The van der Waals surface area contributed by atoms with Crippen LogP contribution in [0.2, 0.25) is 0 Å². The van der Waals surface area contributed by atoms with E-state index in [1.54, 1.807) is 6.07 Å². The highest BCUT2D eigenvalue weighted by molar-refractivity contribution is 7.90. The lowest BCUT2D eigenvalue weighted by Gasteiger charge is -1.89. The first-order valence-corrected chi connectivity index (χ1v) is 4.83. The Morgan fingerprint density at radius 3 is 2.20 bits per heavy atom. The van der Waals surface area contributed by atoms with Crippen LogP contribution in [0, 0.1) is 0 Å². The third kappa shape index (κ3) is 0.671. The molecule has 0 saturated heterocycles. The monoisotopic (exact) mass is 154 g/mol.